The van der Waals surface area contributed by atoms with Gasteiger partial charge in [0.05, 0.1) is 17.2 Å². The van der Waals surface area contributed by atoms with Crippen molar-refractivity contribution in [1.29, 1.82) is 0 Å². The second-order valence-electron chi connectivity index (χ2n) is 4.35. The third-order valence-electron chi connectivity index (χ3n) is 2.70. The predicted octanol–water partition coefficient (Wildman–Crippen LogP) is 3.47. The molecule has 0 saturated heterocycles. The van der Waals surface area contributed by atoms with Crippen LogP contribution in [0.2, 0.25) is 0 Å². The van der Waals surface area contributed by atoms with Gasteiger partial charge >= 0.3 is 0 Å². The summed E-state index contributed by atoms with van der Waals surface area (Å²) in [7, 11) is 1.57. The van der Waals surface area contributed by atoms with Crippen LogP contribution in [0.25, 0.3) is 0 Å². The number of ether oxygens (including phenoxy) is 2. The largest absolute Gasteiger partial charge is 0.489 e. The summed E-state index contributed by atoms with van der Waals surface area (Å²) in [5, 5.41) is 2.67. The fourth-order valence-corrected chi connectivity index (χ4v) is 2.46. The molecule has 0 spiro atoms. The number of nitrogens with one attached hydrogen (secondary N) is 1. The van der Waals surface area contributed by atoms with Gasteiger partial charge in [0.1, 0.15) is 18.2 Å². The molecule has 0 unspecified atom stereocenters. The average Bonchev–Trinajstić information content (AvgIpc) is 2.88. The first kappa shape index (κ1) is 15.5. The Kier molecular flexibility index (Phi) is 5.30. The van der Waals surface area contributed by atoms with E-state index in [1.165, 1.54) is 29.5 Å². The first-order valence-corrected chi connectivity index (χ1v) is 7.21. The number of hydrogen-bond acceptors (Lipinski definition) is 4. The van der Waals surface area contributed by atoms with Gasteiger partial charge in [0.25, 0.3) is 5.91 Å². The van der Waals surface area contributed by atoms with Crippen LogP contribution in [0.15, 0.2) is 30.3 Å². The van der Waals surface area contributed by atoms with Crippen LogP contribution in [0, 0.1) is 12.7 Å². The minimum Gasteiger partial charge on any atom is -0.489 e. The Labute approximate surface area is 126 Å². The molecule has 0 aliphatic heterocycles. The van der Waals surface area contributed by atoms with Crippen LogP contribution in [0.1, 0.15) is 14.5 Å². The summed E-state index contributed by atoms with van der Waals surface area (Å²) in [6.45, 7) is 2.65. The maximum atomic E-state index is 13.4. The molecule has 1 aromatic carbocycles. The number of methoxy groups -OCH3 is 1. The summed E-state index contributed by atoms with van der Waals surface area (Å²) in [4.78, 5) is 13.7. The minimum atomic E-state index is -0.438. The Balaban J connectivity index is 2.13. The number of benzene rings is 1. The molecule has 4 nitrogen and oxygen atoms in total. The quantitative estimate of drug-likeness (QED) is 0.831. The summed E-state index contributed by atoms with van der Waals surface area (Å²) < 4.78 is 23.7. The summed E-state index contributed by atoms with van der Waals surface area (Å²) in [6, 6.07) is 7.61. The van der Waals surface area contributed by atoms with Crippen molar-refractivity contribution < 1.29 is 18.7 Å². The van der Waals surface area contributed by atoms with E-state index in [0.29, 0.717) is 29.5 Å². The number of halogens is 1. The molecule has 2 aromatic rings. The van der Waals surface area contributed by atoms with Crippen LogP contribution in [-0.2, 0) is 4.74 Å². The molecule has 0 aliphatic carbocycles. The predicted molar refractivity (Wildman–Crippen MR) is 80.8 cm³/mol. The summed E-state index contributed by atoms with van der Waals surface area (Å²) >= 11 is 1.38. The average molecular weight is 309 g/mol. The summed E-state index contributed by atoms with van der Waals surface area (Å²) in [6.07, 6.45) is 0. The Bertz CT molecular complexity index is 627. The van der Waals surface area contributed by atoms with Crippen LogP contribution in [0.4, 0.5) is 10.1 Å². The molecule has 0 saturated carbocycles. The second kappa shape index (κ2) is 7.19. The summed E-state index contributed by atoms with van der Waals surface area (Å²) in [5.41, 5.74) is 0.308. The topological polar surface area (TPSA) is 47.6 Å². The van der Waals surface area contributed by atoms with E-state index in [-0.39, 0.29) is 5.91 Å². The smallest absolute Gasteiger partial charge is 0.265 e. The maximum Gasteiger partial charge on any atom is 0.265 e. The molecule has 1 heterocycles. The molecular formula is C15H16FNO3S. The number of rotatable bonds is 6. The Hall–Kier alpha value is -1.92. The summed E-state index contributed by atoms with van der Waals surface area (Å²) in [5.74, 6) is -0.308. The third-order valence-corrected chi connectivity index (χ3v) is 3.70. The molecule has 21 heavy (non-hydrogen) atoms. The fourth-order valence-electron chi connectivity index (χ4n) is 1.70. The van der Waals surface area contributed by atoms with E-state index in [9.17, 15) is 9.18 Å². The van der Waals surface area contributed by atoms with Gasteiger partial charge in [0.15, 0.2) is 0 Å². The lowest BCUT2D eigenvalue weighted by atomic mass is 10.2. The number of carbonyl (C=O) groups is 1. The van der Waals surface area contributed by atoms with Gasteiger partial charge in [0, 0.05) is 18.1 Å². The monoisotopic (exact) mass is 309 g/mol. The van der Waals surface area contributed by atoms with Crippen LogP contribution >= 0.6 is 11.3 Å². The lowest BCUT2D eigenvalue weighted by Gasteiger charge is -2.12. The molecule has 0 bridgehead atoms. The molecule has 6 heteroatoms. The highest BCUT2D eigenvalue weighted by Gasteiger charge is 2.12. The lowest BCUT2D eigenvalue weighted by Crippen LogP contribution is -2.13. The van der Waals surface area contributed by atoms with Crippen molar-refractivity contribution in [1.82, 2.24) is 0 Å². The SMILES string of the molecule is COCCOc1ccc(F)cc1NC(=O)c1ccc(C)s1. The first-order chi connectivity index (χ1) is 10.1. The highest BCUT2D eigenvalue weighted by atomic mass is 32.1. The van der Waals surface area contributed by atoms with E-state index < -0.39 is 5.82 Å². The van der Waals surface area contributed by atoms with Crippen molar-refractivity contribution in [3.05, 3.63) is 45.9 Å². The standard InChI is InChI=1S/C15H16FNO3S/c1-10-3-6-14(21-10)15(18)17-12-9-11(16)4-5-13(12)20-8-7-19-2/h3-6,9H,7-8H2,1-2H3,(H,17,18). The lowest BCUT2D eigenvalue weighted by molar-refractivity contribution is 0.102. The Morgan fingerprint density at radius 1 is 1.29 bits per heavy atom. The van der Waals surface area contributed by atoms with Crippen molar-refractivity contribution >= 4 is 22.9 Å². The molecule has 112 valence electrons. The minimum absolute atomic E-state index is 0.282. The first-order valence-electron chi connectivity index (χ1n) is 6.39. The van der Waals surface area contributed by atoms with Crippen molar-refractivity contribution in [3.8, 4) is 5.75 Å². The highest BCUT2D eigenvalue weighted by molar-refractivity contribution is 7.14. The van der Waals surface area contributed by atoms with Gasteiger partial charge in [-0.3, -0.25) is 4.79 Å². The number of carbonyl (C=O) groups excluding carboxylic acids is 1. The maximum absolute atomic E-state index is 13.4. The van der Waals surface area contributed by atoms with Gasteiger partial charge < -0.3 is 14.8 Å². The highest BCUT2D eigenvalue weighted by Crippen LogP contribution is 2.27. The molecule has 1 amide bonds. The van der Waals surface area contributed by atoms with Gasteiger partial charge in [0.2, 0.25) is 0 Å². The number of anilines is 1. The molecule has 0 radical (unpaired) electrons. The van der Waals surface area contributed by atoms with E-state index in [0.717, 1.165) is 4.88 Å². The number of hydrogen-bond donors (Lipinski definition) is 1. The van der Waals surface area contributed by atoms with Crippen LogP contribution in [0.3, 0.4) is 0 Å². The van der Waals surface area contributed by atoms with Gasteiger partial charge in [-0.25, -0.2) is 4.39 Å². The van der Waals surface area contributed by atoms with Crippen LogP contribution in [0.5, 0.6) is 5.75 Å². The molecule has 0 fully saturated rings. The van der Waals surface area contributed by atoms with Crippen molar-refractivity contribution in [3.63, 3.8) is 0 Å². The van der Waals surface area contributed by atoms with Crippen LogP contribution < -0.4 is 10.1 Å². The van der Waals surface area contributed by atoms with Gasteiger partial charge in [-0.05, 0) is 31.2 Å². The molecule has 1 aromatic heterocycles. The van der Waals surface area contributed by atoms with Gasteiger partial charge in [-0.1, -0.05) is 0 Å². The Morgan fingerprint density at radius 2 is 2.10 bits per heavy atom. The molecule has 1 N–H and O–H groups in total. The molecule has 0 aliphatic rings. The third kappa shape index (κ3) is 4.27. The second-order valence-corrected chi connectivity index (χ2v) is 5.63. The number of amides is 1. The van der Waals surface area contributed by atoms with E-state index >= 15 is 0 Å². The van der Waals surface area contributed by atoms with E-state index in [2.05, 4.69) is 5.32 Å². The molecule has 0 atom stereocenters. The normalized spacial score (nSPS) is 10.4. The van der Waals surface area contributed by atoms with E-state index in [1.54, 1.807) is 13.2 Å². The van der Waals surface area contributed by atoms with Crippen molar-refractivity contribution in [2.75, 3.05) is 25.6 Å². The van der Waals surface area contributed by atoms with Crippen LogP contribution in [-0.4, -0.2) is 26.2 Å². The van der Waals surface area contributed by atoms with Crippen molar-refractivity contribution in [2.45, 2.75) is 6.92 Å². The molecular weight excluding hydrogens is 293 g/mol. The number of thiophene rings is 1. The Morgan fingerprint density at radius 3 is 2.76 bits per heavy atom. The van der Waals surface area contributed by atoms with E-state index in [1.807, 2.05) is 13.0 Å². The zero-order chi connectivity index (χ0) is 15.2. The van der Waals surface area contributed by atoms with Gasteiger partial charge in [-0.2, -0.15) is 0 Å². The number of aryl methyl sites for hydroxylation is 1. The fraction of sp³-hybridized carbons (Fsp3) is 0.267. The zero-order valence-electron chi connectivity index (χ0n) is 11.8. The molecule has 2 rings (SSSR count). The zero-order valence-corrected chi connectivity index (χ0v) is 12.6. The van der Waals surface area contributed by atoms with Gasteiger partial charge in [-0.15, -0.1) is 11.3 Å². The van der Waals surface area contributed by atoms with Crippen molar-refractivity contribution in [2.24, 2.45) is 0 Å². The van der Waals surface area contributed by atoms with E-state index in [4.69, 9.17) is 9.47 Å².